The molecule has 4 aromatic heterocycles. The first-order valence-electron chi connectivity index (χ1n) is 10.1. The Bertz CT molecular complexity index is 1700. The number of benzene rings is 1. The number of nitriles is 1. The summed E-state index contributed by atoms with van der Waals surface area (Å²) in [7, 11) is 0. The van der Waals surface area contributed by atoms with Crippen LogP contribution in [0, 0.1) is 11.3 Å². The molecule has 5 rings (SSSR count). The van der Waals surface area contributed by atoms with Gasteiger partial charge in [-0.05, 0) is 11.5 Å². The zero-order chi connectivity index (χ0) is 25.6. The number of carbonyl (C=O) groups excluding carboxylic acids is 1. The van der Waals surface area contributed by atoms with Crippen molar-refractivity contribution in [3.05, 3.63) is 72.1 Å². The average Bonchev–Trinajstić information content (AvgIpc) is 3.50. The third kappa shape index (κ3) is 3.64. The third-order valence-corrected chi connectivity index (χ3v) is 5.27. The summed E-state index contributed by atoms with van der Waals surface area (Å²) in [6, 6.07) is 9.70. The molecule has 0 aliphatic rings. The molecule has 4 N–H and O–H groups in total. The molecule has 0 radical (unpaired) electrons. The van der Waals surface area contributed by atoms with Crippen LogP contribution in [0.15, 0.2) is 55.1 Å². The van der Waals surface area contributed by atoms with E-state index in [2.05, 4.69) is 25.3 Å². The normalized spacial score (nSPS) is 11.5. The van der Waals surface area contributed by atoms with Crippen molar-refractivity contribution < 1.29 is 18.0 Å². The number of halogens is 3. The molecule has 14 heteroatoms. The highest BCUT2D eigenvalue weighted by Gasteiger charge is 2.43. The number of carbonyl (C=O) groups is 1. The highest BCUT2D eigenvalue weighted by molar-refractivity contribution is 6.07. The first kappa shape index (κ1) is 22.5. The van der Waals surface area contributed by atoms with Crippen LogP contribution in [0.3, 0.4) is 0 Å². The Hall–Kier alpha value is -5.32. The van der Waals surface area contributed by atoms with Gasteiger partial charge in [-0.3, -0.25) is 9.78 Å². The van der Waals surface area contributed by atoms with Gasteiger partial charge in [-0.2, -0.15) is 28.6 Å². The van der Waals surface area contributed by atoms with E-state index in [9.17, 15) is 18.0 Å². The maximum Gasteiger partial charge on any atom is 0.434 e. The van der Waals surface area contributed by atoms with E-state index >= 15 is 0 Å². The number of pyridine rings is 2. The van der Waals surface area contributed by atoms with E-state index in [1.807, 2.05) is 0 Å². The number of nitrogen functional groups attached to an aromatic ring is 1. The van der Waals surface area contributed by atoms with Gasteiger partial charge >= 0.3 is 6.18 Å². The van der Waals surface area contributed by atoms with E-state index in [0.717, 1.165) is 11.0 Å². The quantitative estimate of drug-likeness (QED) is 0.388. The number of amides is 1. The van der Waals surface area contributed by atoms with E-state index in [1.54, 1.807) is 30.3 Å². The summed E-state index contributed by atoms with van der Waals surface area (Å²) in [5.41, 5.74) is 8.94. The van der Waals surface area contributed by atoms with Crippen LogP contribution >= 0.6 is 0 Å². The molecular formula is C22H13F3N10O. The number of nitrogens with zero attached hydrogens (tertiary/aromatic N) is 8. The van der Waals surface area contributed by atoms with Gasteiger partial charge in [0.1, 0.15) is 23.3 Å². The molecule has 0 atom stereocenters. The first-order valence-corrected chi connectivity index (χ1v) is 10.1. The van der Waals surface area contributed by atoms with Gasteiger partial charge in [0, 0.05) is 17.1 Å². The van der Waals surface area contributed by atoms with Gasteiger partial charge in [-0.25, -0.2) is 9.67 Å². The van der Waals surface area contributed by atoms with Gasteiger partial charge in [-0.1, -0.05) is 24.3 Å². The molecule has 0 spiro atoms. The molecule has 1 aromatic carbocycles. The Morgan fingerprint density at radius 1 is 1.03 bits per heavy atom. The zero-order valence-corrected chi connectivity index (χ0v) is 18.0. The number of fused-ring (bicyclic) bond motifs is 1. The van der Waals surface area contributed by atoms with Crippen molar-refractivity contribution in [3.63, 3.8) is 0 Å². The number of aromatic nitrogens is 7. The molecule has 11 nitrogen and oxygen atoms in total. The zero-order valence-electron chi connectivity index (χ0n) is 18.0. The Balaban J connectivity index is 1.80. The summed E-state index contributed by atoms with van der Waals surface area (Å²) in [6.07, 6.45) is -0.198. The maximum atomic E-state index is 14.3. The summed E-state index contributed by atoms with van der Waals surface area (Å²) >= 11 is 0. The van der Waals surface area contributed by atoms with Gasteiger partial charge < -0.3 is 11.5 Å². The summed E-state index contributed by atoms with van der Waals surface area (Å²) in [4.78, 5) is 21.4. The average molecular weight is 490 g/mol. The second-order valence-electron chi connectivity index (χ2n) is 7.48. The SMILES string of the molecule is N#Cc1cnn(-c2cncc(-n3nc(-c4cnc(N)c5ccccc45)c(C(N)=O)c3C(F)(F)F)c2)n1. The van der Waals surface area contributed by atoms with Crippen LogP contribution in [0.2, 0.25) is 0 Å². The van der Waals surface area contributed by atoms with Crippen LogP contribution < -0.4 is 11.5 Å². The molecule has 0 saturated carbocycles. The van der Waals surface area contributed by atoms with Crippen LogP contribution in [0.4, 0.5) is 19.0 Å². The van der Waals surface area contributed by atoms with Crippen LogP contribution in [0.25, 0.3) is 33.4 Å². The second kappa shape index (κ2) is 8.17. The predicted octanol–water partition coefficient (Wildman–Crippen LogP) is 2.63. The highest BCUT2D eigenvalue weighted by Crippen LogP contribution is 2.40. The van der Waals surface area contributed by atoms with E-state index in [1.165, 1.54) is 24.7 Å². The lowest BCUT2D eigenvalue weighted by atomic mass is 10.0. The lowest BCUT2D eigenvalue weighted by molar-refractivity contribution is -0.143. The van der Waals surface area contributed by atoms with E-state index in [0.29, 0.717) is 15.5 Å². The van der Waals surface area contributed by atoms with E-state index in [-0.39, 0.29) is 34.1 Å². The van der Waals surface area contributed by atoms with Crippen LogP contribution in [-0.4, -0.2) is 40.6 Å². The van der Waals surface area contributed by atoms with Crippen LogP contribution in [-0.2, 0) is 6.18 Å². The molecule has 1 amide bonds. The van der Waals surface area contributed by atoms with Gasteiger partial charge in [0.2, 0.25) is 0 Å². The number of rotatable bonds is 4. The minimum Gasteiger partial charge on any atom is -0.383 e. The molecule has 0 fully saturated rings. The van der Waals surface area contributed by atoms with Crippen molar-refractivity contribution in [2.24, 2.45) is 5.73 Å². The number of hydrogen-bond donors (Lipinski definition) is 2. The fraction of sp³-hybridized carbons (Fsp3) is 0.0455. The van der Waals surface area contributed by atoms with Gasteiger partial charge in [-0.15, -0.1) is 9.90 Å². The molecule has 0 unspecified atom stereocenters. The molecule has 0 saturated heterocycles. The standard InChI is InChI=1S/C22H13F3N10O/c23-22(24,25)19-17(21(28)36)18(16-10-30-20(27)15-4-2-1-3-14(15)16)33-34(19)12-5-13(9-29-8-12)35-31-7-11(6-26)32-35/h1-5,7-10H,(H2,27,30)(H2,28,36). The van der Waals surface area contributed by atoms with Crippen molar-refractivity contribution in [1.82, 2.24) is 34.7 Å². The van der Waals surface area contributed by atoms with Gasteiger partial charge in [0.15, 0.2) is 11.4 Å². The smallest absolute Gasteiger partial charge is 0.383 e. The lowest BCUT2D eigenvalue weighted by Gasteiger charge is -2.12. The summed E-state index contributed by atoms with van der Waals surface area (Å²) in [5.74, 6) is -1.17. The Morgan fingerprint density at radius 3 is 2.42 bits per heavy atom. The van der Waals surface area contributed by atoms with Gasteiger partial charge in [0.05, 0.1) is 29.8 Å². The number of nitrogens with two attached hydrogens (primary N) is 2. The van der Waals surface area contributed by atoms with Gasteiger partial charge in [0.25, 0.3) is 5.91 Å². The van der Waals surface area contributed by atoms with Crippen molar-refractivity contribution >= 4 is 22.5 Å². The maximum absolute atomic E-state index is 14.3. The molecular weight excluding hydrogens is 477 g/mol. The monoisotopic (exact) mass is 490 g/mol. The van der Waals surface area contributed by atoms with Crippen molar-refractivity contribution in [2.75, 3.05) is 5.73 Å². The summed E-state index contributed by atoms with van der Waals surface area (Å²) < 4.78 is 43.6. The van der Waals surface area contributed by atoms with Crippen molar-refractivity contribution in [1.29, 1.82) is 5.26 Å². The Labute approximate surface area is 199 Å². The molecule has 4 heterocycles. The molecule has 36 heavy (non-hydrogen) atoms. The highest BCUT2D eigenvalue weighted by atomic mass is 19.4. The Morgan fingerprint density at radius 2 is 1.75 bits per heavy atom. The molecule has 0 aliphatic carbocycles. The lowest BCUT2D eigenvalue weighted by Crippen LogP contribution is -2.21. The van der Waals surface area contributed by atoms with E-state index in [4.69, 9.17) is 16.7 Å². The van der Waals surface area contributed by atoms with E-state index < -0.39 is 23.3 Å². The predicted molar refractivity (Wildman–Crippen MR) is 120 cm³/mol. The number of primary amides is 1. The first-order chi connectivity index (χ1) is 17.2. The minimum absolute atomic E-state index is 0.00324. The summed E-state index contributed by atoms with van der Waals surface area (Å²) in [6.45, 7) is 0. The number of alkyl halides is 3. The topological polar surface area (TPSA) is 167 Å². The summed E-state index contributed by atoms with van der Waals surface area (Å²) in [5, 5.41) is 21.8. The molecule has 178 valence electrons. The van der Waals surface area contributed by atoms with Crippen LogP contribution in [0.5, 0.6) is 0 Å². The largest absolute Gasteiger partial charge is 0.434 e. The van der Waals surface area contributed by atoms with Crippen LogP contribution in [0.1, 0.15) is 21.7 Å². The van der Waals surface area contributed by atoms with Crippen molar-refractivity contribution in [2.45, 2.75) is 6.18 Å². The minimum atomic E-state index is -5.03. The molecule has 5 aromatic rings. The van der Waals surface area contributed by atoms with Crippen molar-refractivity contribution in [3.8, 4) is 28.7 Å². The number of hydrogen-bond acceptors (Lipinski definition) is 8. The second-order valence-corrected chi connectivity index (χ2v) is 7.48. The third-order valence-electron chi connectivity index (χ3n) is 5.27. The number of anilines is 1. The Kier molecular flexibility index (Phi) is 5.10. The molecule has 0 bridgehead atoms. The molecule has 0 aliphatic heterocycles. The fourth-order valence-electron chi connectivity index (χ4n) is 3.77. The fourth-order valence-corrected chi connectivity index (χ4v) is 3.77.